The van der Waals surface area contributed by atoms with Gasteiger partial charge in [0, 0.05) is 19.3 Å². The van der Waals surface area contributed by atoms with E-state index in [9.17, 15) is 9.59 Å². The van der Waals surface area contributed by atoms with E-state index in [-0.39, 0.29) is 17.7 Å². The maximum atomic E-state index is 12.7. The number of carbonyl (C=O) groups is 2. The standard InChI is InChI=1S/C29H51NO2.C2H6/c1-7-22(31)9-8-10-24-23-12-11-21-17-20(18-26(32)27(30)19(2)3)13-16-29(21,6)25(23)14-15-28(24,4)5;1-2/h19-21,23-25,27H,7-18,30H2,1-6H3;1-2H3. The highest BCUT2D eigenvalue weighted by molar-refractivity contribution is 5.84. The molecule has 0 aromatic rings. The first kappa shape index (κ1) is 29.5. The Morgan fingerprint density at radius 2 is 1.68 bits per heavy atom. The number of carbonyl (C=O) groups excluding carboxylic acids is 2. The Balaban J connectivity index is 0.00000199. The van der Waals surface area contributed by atoms with Gasteiger partial charge in [-0.3, -0.25) is 9.59 Å². The molecule has 0 saturated heterocycles. The van der Waals surface area contributed by atoms with Gasteiger partial charge in [-0.2, -0.15) is 0 Å². The summed E-state index contributed by atoms with van der Waals surface area (Å²) < 4.78 is 0. The van der Waals surface area contributed by atoms with Crippen LogP contribution in [-0.2, 0) is 9.59 Å². The predicted octanol–water partition coefficient (Wildman–Crippen LogP) is 7.99. The lowest BCUT2D eigenvalue weighted by atomic mass is 9.44. The quantitative estimate of drug-likeness (QED) is 0.367. The summed E-state index contributed by atoms with van der Waals surface area (Å²) in [6.45, 7) is 17.7. The molecule has 0 radical (unpaired) electrons. The van der Waals surface area contributed by atoms with Crippen molar-refractivity contribution in [3.8, 4) is 0 Å². The molecule has 34 heavy (non-hydrogen) atoms. The van der Waals surface area contributed by atoms with E-state index in [4.69, 9.17) is 5.73 Å². The van der Waals surface area contributed by atoms with Crippen LogP contribution in [0.15, 0.2) is 0 Å². The zero-order valence-electron chi connectivity index (χ0n) is 23.9. The molecule has 3 saturated carbocycles. The van der Waals surface area contributed by atoms with Crippen LogP contribution < -0.4 is 5.73 Å². The minimum atomic E-state index is -0.292. The van der Waals surface area contributed by atoms with Crippen molar-refractivity contribution in [3.05, 3.63) is 0 Å². The van der Waals surface area contributed by atoms with Gasteiger partial charge in [0.2, 0.25) is 0 Å². The number of hydrogen-bond acceptors (Lipinski definition) is 3. The first-order chi connectivity index (χ1) is 16.0. The third-order valence-corrected chi connectivity index (χ3v) is 10.4. The van der Waals surface area contributed by atoms with Crippen LogP contribution in [0.3, 0.4) is 0 Å². The van der Waals surface area contributed by atoms with Crippen molar-refractivity contribution in [2.75, 3.05) is 0 Å². The van der Waals surface area contributed by atoms with Gasteiger partial charge in [0.25, 0.3) is 0 Å². The topological polar surface area (TPSA) is 60.2 Å². The van der Waals surface area contributed by atoms with Crippen molar-refractivity contribution < 1.29 is 9.59 Å². The second-order valence-corrected chi connectivity index (χ2v) is 13.0. The van der Waals surface area contributed by atoms with Crippen LogP contribution >= 0.6 is 0 Å². The molecule has 198 valence electrons. The fraction of sp³-hybridized carbons (Fsp3) is 0.935. The summed E-state index contributed by atoms with van der Waals surface area (Å²) in [5.41, 5.74) is 7.00. The van der Waals surface area contributed by atoms with Gasteiger partial charge in [-0.1, -0.05) is 55.4 Å². The smallest absolute Gasteiger partial charge is 0.150 e. The molecule has 3 aliphatic rings. The van der Waals surface area contributed by atoms with Crippen molar-refractivity contribution in [2.45, 2.75) is 138 Å². The van der Waals surface area contributed by atoms with Crippen molar-refractivity contribution in [2.24, 2.45) is 52.1 Å². The van der Waals surface area contributed by atoms with E-state index in [1.807, 2.05) is 20.8 Å². The Morgan fingerprint density at radius 1 is 1.00 bits per heavy atom. The first-order valence-electron chi connectivity index (χ1n) is 14.8. The largest absolute Gasteiger partial charge is 0.321 e. The van der Waals surface area contributed by atoms with Crippen molar-refractivity contribution in [1.82, 2.24) is 0 Å². The molecule has 0 aromatic heterocycles. The Morgan fingerprint density at radius 3 is 2.29 bits per heavy atom. The number of nitrogens with two attached hydrogens (primary N) is 1. The van der Waals surface area contributed by atoms with Gasteiger partial charge in [0.05, 0.1) is 6.04 Å². The number of Topliss-reactive ketones (excluding diaryl/α,β-unsaturated/α-hetero) is 2. The Labute approximate surface area is 211 Å². The molecular formula is C31H57NO2. The van der Waals surface area contributed by atoms with Crippen LogP contribution in [-0.4, -0.2) is 17.6 Å². The first-order valence-corrected chi connectivity index (χ1v) is 14.8. The van der Waals surface area contributed by atoms with Gasteiger partial charge in [-0.05, 0) is 104 Å². The fourth-order valence-electron chi connectivity index (χ4n) is 8.12. The normalized spacial score (nSPS) is 35.4. The maximum absolute atomic E-state index is 12.7. The zero-order chi connectivity index (χ0) is 25.7. The molecule has 0 aliphatic heterocycles. The SMILES string of the molecule is CC.CCC(=O)CCCC1C2CCC3CC(CC(=O)C(N)C(C)C)CCC3(C)C2CCC1(C)C. The van der Waals surface area contributed by atoms with E-state index in [0.717, 1.165) is 36.5 Å². The lowest BCUT2D eigenvalue weighted by Crippen LogP contribution is -2.53. The highest BCUT2D eigenvalue weighted by Gasteiger charge is 2.55. The summed E-state index contributed by atoms with van der Waals surface area (Å²) in [6, 6.07) is -0.292. The second kappa shape index (κ2) is 12.5. The van der Waals surface area contributed by atoms with Gasteiger partial charge < -0.3 is 5.73 Å². The molecule has 0 bridgehead atoms. The fourth-order valence-corrected chi connectivity index (χ4v) is 8.12. The molecule has 3 rings (SSSR count). The molecule has 3 heteroatoms. The minimum absolute atomic E-state index is 0.238. The summed E-state index contributed by atoms with van der Waals surface area (Å²) in [5.74, 6) is 4.67. The minimum Gasteiger partial charge on any atom is -0.321 e. The van der Waals surface area contributed by atoms with E-state index in [1.165, 1.54) is 51.4 Å². The van der Waals surface area contributed by atoms with Crippen molar-refractivity contribution in [1.29, 1.82) is 0 Å². The lowest BCUT2D eigenvalue weighted by molar-refractivity contribution is -0.129. The Hall–Kier alpha value is -0.700. The molecule has 7 atom stereocenters. The average molecular weight is 476 g/mol. The average Bonchev–Trinajstić information content (AvgIpc) is 2.80. The third-order valence-electron chi connectivity index (χ3n) is 10.4. The van der Waals surface area contributed by atoms with E-state index in [0.29, 0.717) is 35.4 Å². The summed E-state index contributed by atoms with van der Waals surface area (Å²) in [7, 11) is 0. The van der Waals surface area contributed by atoms with Crippen molar-refractivity contribution in [3.63, 3.8) is 0 Å². The molecule has 3 fully saturated rings. The van der Waals surface area contributed by atoms with Crippen LogP contribution in [0.25, 0.3) is 0 Å². The molecule has 0 heterocycles. The number of ketones is 2. The summed E-state index contributed by atoms with van der Waals surface area (Å²) in [6.07, 6.45) is 13.6. The molecule has 0 amide bonds. The lowest BCUT2D eigenvalue weighted by Gasteiger charge is -2.61. The molecule has 2 N–H and O–H groups in total. The van der Waals surface area contributed by atoms with Crippen LogP contribution in [0, 0.1) is 46.3 Å². The number of hydrogen-bond donors (Lipinski definition) is 1. The molecule has 0 spiro atoms. The highest BCUT2D eigenvalue weighted by atomic mass is 16.1. The summed E-state index contributed by atoms with van der Waals surface area (Å²) in [5, 5.41) is 0. The molecular weight excluding hydrogens is 418 g/mol. The molecule has 0 aromatic carbocycles. The van der Waals surface area contributed by atoms with Crippen LogP contribution in [0.4, 0.5) is 0 Å². The Kier molecular flexibility index (Phi) is 10.9. The van der Waals surface area contributed by atoms with Crippen molar-refractivity contribution >= 4 is 11.6 Å². The van der Waals surface area contributed by atoms with Gasteiger partial charge in [0.15, 0.2) is 0 Å². The van der Waals surface area contributed by atoms with E-state index in [2.05, 4.69) is 34.6 Å². The number of fused-ring (bicyclic) bond motifs is 3. The maximum Gasteiger partial charge on any atom is 0.150 e. The second-order valence-electron chi connectivity index (χ2n) is 13.0. The van der Waals surface area contributed by atoms with Crippen LogP contribution in [0.1, 0.15) is 132 Å². The van der Waals surface area contributed by atoms with E-state index < -0.39 is 0 Å². The molecule has 3 nitrogen and oxygen atoms in total. The van der Waals surface area contributed by atoms with Gasteiger partial charge in [0.1, 0.15) is 11.6 Å². The highest BCUT2D eigenvalue weighted by Crippen LogP contribution is 2.64. The predicted molar refractivity (Wildman–Crippen MR) is 145 cm³/mol. The van der Waals surface area contributed by atoms with Crippen LogP contribution in [0.2, 0.25) is 0 Å². The third kappa shape index (κ3) is 6.54. The van der Waals surface area contributed by atoms with Gasteiger partial charge >= 0.3 is 0 Å². The van der Waals surface area contributed by atoms with E-state index >= 15 is 0 Å². The summed E-state index contributed by atoms with van der Waals surface area (Å²) >= 11 is 0. The van der Waals surface area contributed by atoms with E-state index in [1.54, 1.807) is 0 Å². The van der Waals surface area contributed by atoms with Gasteiger partial charge in [-0.15, -0.1) is 0 Å². The molecule has 7 unspecified atom stereocenters. The monoisotopic (exact) mass is 475 g/mol. The van der Waals surface area contributed by atoms with Gasteiger partial charge in [-0.25, -0.2) is 0 Å². The Bertz CT molecular complexity index is 668. The zero-order valence-corrected chi connectivity index (χ0v) is 23.9. The van der Waals surface area contributed by atoms with Crippen LogP contribution in [0.5, 0.6) is 0 Å². The molecule has 3 aliphatic carbocycles. The number of rotatable bonds is 9. The summed E-state index contributed by atoms with van der Waals surface area (Å²) in [4.78, 5) is 24.5.